The van der Waals surface area contributed by atoms with Crippen molar-refractivity contribution in [2.45, 2.75) is 0 Å². The minimum Gasteiger partial charge on any atom is -0.316 e. The highest BCUT2D eigenvalue weighted by Crippen LogP contribution is 2.56. The number of fused-ring (bicyclic) bond motifs is 17. The minimum atomic E-state index is 0.422. The Hall–Kier alpha value is -9.34. The van der Waals surface area contributed by atoms with Gasteiger partial charge in [-0.25, -0.2) is 4.85 Å². The fourth-order valence-electron chi connectivity index (χ4n) is 12.3. The predicted molar refractivity (Wildman–Crippen MR) is 321 cm³/mol. The summed E-state index contributed by atoms with van der Waals surface area (Å²) in [5.41, 5.74) is 11.6. The number of rotatable bonds is 5. The summed E-state index contributed by atoms with van der Waals surface area (Å²) in [4.78, 5) is 4.71. The van der Waals surface area contributed by atoms with Crippen molar-refractivity contribution in [3.05, 3.63) is 235 Å². The van der Waals surface area contributed by atoms with Gasteiger partial charge in [-0.3, -0.25) is 0 Å². The molecule has 0 radical (unpaired) electrons. The van der Waals surface area contributed by atoms with Crippen LogP contribution in [0.25, 0.3) is 154 Å². The Labute approximate surface area is 441 Å². The fraction of sp³-hybridized carbons (Fsp3) is 0. The van der Waals surface area contributed by atoms with Gasteiger partial charge in [0.25, 0.3) is 0 Å². The number of aromatic nitrogens is 2. The quantitative estimate of drug-likeness (QED) is 0.158. The molecule has 16 aromatic rings. The van der Waals surface area contributed by atoms with E-state index >= 15 is 0 Å². The van der Waals surface area contributed by atoms with E-state index < -0.39 is 0 Å². The van der Waals surface area contributed by atoms with Crippen molar-refractivity contribution in [2.75, 3.05) is 0 Å². The van der Waals surface area contributed by atoms with E-state index in [1.165, 1.54) is 45.7 Å². The number of para-hydroxylation sites is 1. The highest BCUT2D eigenvalue weighted by atomic mass is 32.1. The average Bonchev–Trinajstić information content (AvgIpc) is 4.33. The molecule has 0 N–H and O–H groups in total. The molecule has 0 fully saturated rings. The highest BCUT2D eigenvalue weighted by molar-refractivity contribution is 7.27. The topological polar surface area (TPSA) is 38.0 Å². The van der Waals surface area contributed by atoms with Gasteiger partial charge in [0.2, 0.25) is 5.69 Å². The minimum absolute atomic E-state index is 0.422. The summed E-state index contributed by atoms with van der Waals surface area (Å²) < 4.78 is 12.0. The number of nitrogens with zero attached hydrogens (tertiary/aromatic N) is 4. The number of hydrogen-bond acceptors (Lipinski definition) is 4. The highest BCUT2D eigenvalue weighted by Gasteiger charge is 2.34. The average molecular weight is 1010 g/mol. The van der Waals surface area contributed by atoms with Gasteiger partial charge in [0, 0.05) is 89.4 Å². The maximum absolute atomic E-state index is 12.3. The summed E-state index contributed by atoms with van der Waals surface area (Å²) in [6, 6.07) is 80.8. The van der Waals surface area contributed by atoms with Gasteiger partial charge in [-0.05, 0) is 47.0 Å². The first-order valence-corrected chi connectivity index (χ1v) is 27.4. The van der Waals surface area contributed by atoms with Crippen LogP contribution in [0.15, 0.2) is 218 Å². The Morgan fingerprint density at radius 2 is 0.853 bits per heavy atom. The molecule has 11 aromatic carbocycles. The molecule has 75 heavy (non-hydrogen) atoms. The summed E-state index contributed by atoms with van der Waals surface area (Å²) in [6.45, 7) is 9.63. The third kappa shape index (κ3) is 5.89. The van der Waals surface area contributed by atoms with Crippen LogP contribution in [-0.4, -0.2) is 9.13 Å². The predicted octanol–water partition coefficient (Wildman–Crippen LogP) is 20.4. The summed E-state index contributed by atoms with van der Waals surface area (Å²) >= 11 is 5.43. The molecule has 5 aromatic heterocycles. The van der Waals surface area contributed by atoms with E-state index in [0.29, 0.717) is 16.8 Å². The molecule has 0 aliphatic rings. The standard InChI is InChI=1S/C68H36N4S3/c1-70-61-59(40-20-7-3-8-21-40)53(38-69)63(71-54-36-52-45-26-13-14-29-55(45)73-58(52)37-51(54)46-28-17-27-42(62(46)71)39-18-5-2-6-19-39)60(41-22-9-4-10-23-41)66(61)72-64-47(32-34-49-43-24-11-15-30-56(43)74-67(49)64)48-33-35-50-44-25-12-16-31-57(44)75-68(50)65(48)72/h2-37H. The van der Waals surface area contributed by atoms with Crippen molar-refractivity contribution in [2.24, 2.45) is 0 Å². The molecule has 0 unspecified atom stereocenters. The zero-order chi connectivity index (χ0) is 49.5. The van der Waals surface area contributed by atoms with Crippen LogP contribution in [0.2, 0.25) is 0 Å². The number of nitriles is 1. The second-order valence-electron chi connectivity index (χ2n) is 19.2. The maximum Gasteiger partial charge on any atom is 0.220 e. The molecule has 5 heterocycles. The first-order chi connectivity index (χ1) is 37.2. The van der Waals surface area contributed by atoms with Crippen LogP contribution >= 0.6 is 34.0 Å². The summed E-state index contributed by atoms with van der Waals surface area (Å²) in [7, 11) is 0. The second-order valence-corrected chi connectivity index (χ2v) is 22.4. The Bertz CT molecular complexity index is 5070. The monoisotopic (exact) mass is 1000 g/mol. The summed E-state index contributed by atoms with van der Waals surface area (Å²) in [5, 5.41) is 23.8. The van der Waals surface area contributed by atoms with E-state index in [0.717, 1.165) is 97.6 Å². The van der Waals surface area contributed by atoms with E-state index in [2.05, 4.69) is 215 Å². The van der Waals surface area contributed by atoms with Crippen molar-refractivity contribution < 1.29 is 0 Å². The normalized spacial score (nSPS) is 12.0. The lowest BCUT2D eigenvalue weighted by molar-refractivity contribution is 1.14. The molecule has 0 saturated carbocycles. The van der Waals surface area contributed by atoms with Gasteiger partial charge in [-0.2, -0.15) is 5.26 Å². The zero-order valence-electron chi connectivity index (χ0n) is 39.8. The molecule has 0 bridgehead atoms. The van der Waals surface area contributed by atoms with Crippen LogP contribution in [0.3, 0.4) is 0 Å². The Balaban J connectivity index is 1.22. The first-order valence-electron chi connectivity index (χ1n) is 24.9. The third-order valence-electron chi connectivity index (χ3n) is 15.4. The van der Waals surface area contributed by atoms with Crippen LogP contribution in [0.1, 0.15) is 5.56 Å². The van der Waals surface area contributed by atoms with Gasteiger partial charge in [-0.1, -0.05) is 188 Å². The lowest BCUT2D eigenvalue weighted by Gasteiger charge is -2.26. The largest absolute Gasteiger partial charge is 0.316 e. The molecule has 0 saturated heterocycles. The molecule has 0 amide bonds. The van der Waals surface area contributed by atoms with E-state index in [1.54, 1.807) is 22.7 Å². The number of thiophene rings is 3. The molecular weight excluding hydrogens is 969 g/mol. The molecule has 0 aliphatic carbocycles. The van der Waals surface area contributed by atoms with Crippen LogP contribution in [0, 0.1) is 17.9 Å². The molecule has 0 aliphatic heterocycles. The Morgan fingerprint density at radius 3 is 1.43 bits per heavy atom. The van der Waals surface area contributed by atoms with Crippen molar-refractivity contribution in [3.8, 4) is 50.8 Å². The van der Waals surface area contributed by atoms with E-state index in [-0.39, 0.29) is 0 Å². The SMILES string of the molecule is [C-]#[N+]c1c(-c2ccccc2)c(C#N)c(-n2c3cc4c(cc3c3cccc(-c5ccccc5)c32)sc2ccccc24)c(-c2ccccc2)c1-n1c2c(ccc3c4ccccc4sc32)c2ccc3c4ccccc4sc3c21. The lowest BCUT2D eigenvalue weighted by Crippen LogP contribution is -2.09. The van der Waals surface area contributed by atoms with Crippen molar-refractivity contribution in [1.82, 2.24) is 9.13 Å². The van der Waals surface area contributed by atoms with Crippen molar-refractivity contribution in [1.29, 1.82) is 5.26 Å². The third-order valence-corrected chi connectivity index (χ3v) is 18.9. The fourth-order valence-corrected chi connectivity index (χ4v) is 15.9. The number of benzene rings is 11. The van der Waals surface area contributed by atoms with E-state index in [1.807, 2.05) is 29.5 Å². The van der Waals surface area contributed by atoms with Gasteiger partial charge in [-0.15, -0.1) is 34.0 Å². The molecule has 346 valence electrons. The second kappa shape index (κ2) is 16.1. The Kier molecular flexibility index (Phi) is 9.05. The van der Waals surface area contributed by atoms with Crippen LogP contribution in [0.4, 0.5) is 5.69 Å². The number of hydrogen-bond donors (Lipinski definition) is 0. The van der Waals surface area contributed by atoms with Crippen LogP contribution in [-0.2, 0) is 0 Å². The maximum atomic E-state index is 12.3. The van der Waals surface area contributed by atoms with Crippen molar-refractivity contribution >= 4 is 144 Å². The smallest absolute Gasteiger partial charge is 0.220 e. The van der Waals surface area contributed by atoms with Gasteiger partial charge < -0.3 is 9.13 Å². The molecule has 0 atom stereocenters. The van der Waals surface area contributed by atoms with Crippen molar-refractivity contribution in [3.63, 3.8) is 0 Å². The van der Waals surface area contributed by atoms with Crippen LogP contribution in [0.5, 0.6) is 0 Å². The molecule has 7 heteroatoms. The van der Waals surface area contributed by atoms with E-state index in [9.17, 15) is 11.8 Å². The summed E-state index contributed by atoms with van der Waals surface area (Å²) in [5.74, 6) is 0. The van der Waals surface area contributed by atoms with Gasteiger partial charge >= 0.3 is 0 Å². The van der Waals surface area contributed by atoms with Gasteiger partial charge in [0.1, 0.15) is 6.07 Å². The van der Waals surface area contributed by atoms with Gasteiger partial charge in [0.05, 0.1) is 55.0 Å². The molecule has 4 nitrogen and oxygen atoms in total. The lowest BCUT2D eigenvalue weighted by atomic mass is 9.88. The molecular formula is C68H36N4S3. The van der Waals surface area contributed by atoms with E-state index in [4.69, 9.17) is 4.85 Å². The Morgan fingerprint density at radius 1 is 0.373 bits per heavy atom. The molecule has 0 spiro atoms. The van der Waals surface area contributed by atoms with Gasteiger partial charge in [0.15, 0.2) is 0 Å². The molecule has 16 rings (SSSR count). The van der Waals surface area contributed by atoms with Crippen LogP contribution < -0.4 is 0 Å². The first kappa shape index (κ1) is 42.2. The summed E-state index contributed by atoms with van der Waals surface area (Å²) in [6.07, 6.45) is 0. The zero-order valence-corrected chi connectivity index (χ0v) is 42.2.